The molecule has 0 bridgehead atoms. The molecule has 0 radical (unpaired) electrons. The molecule has 2 atom stereocenters. The zero-order valence-corrected chi connectivity index (χ0v) is 15.3. The predicted molar refractivity (Wildman–Crippen MR) is 88.8 cm³/mol. The molecule has 100 valence electrons. The summed E-state index contributed by atoms with van der Waals surface area (Å²) in [5, 5.41) is 0. The van der Waals surface area contributed by atoms with E-state index in [1.165, 1.54) is 4.88 Å². The smallest absolute Gasteiger partial charge is 0.135 e. The number of benzene rings is 1. The molecule has 0 saturated heterocycles. The Morgan fingerprint density at radius 1 is 1.21 bits per heavy atom. The highest BCUT2D eigenvalue weighted by Gasteiger charge is 2.28. The van der Waals surface area contributed by atoms with Crippen molar-refractivity contribution in [2.24, 2.45) is 5.73 Å². The van der Waals surface area contributed by atoms with E-state index in [9.17, 15) is 0 Å². The van der Waals surface area contributed by atoms with E-state index in [-0.39, 0.29) is 12.1 Å². The number of hydrogen-bond donors (Lipinski definition) is 1. The maximum Gasteiger partial charge on any atom is 0.135 e. The van der Waals surface area contributed by atoms with Crippen LogP contribution in [0.5, 0.6) is 5.75 Å². The van der Waals surface area contributed by atoms with Gasteiger partial charge in [0, 0.05) is 31.8 Å². The van der Waals surface area contributed by atoms with Gasteiger partial charge < -0.3 is 10.5 Å². The van der Waals surface area contributed by atoms with Gasteiger partial charge in [-0.2, -0.15) is 0 Å². The molecule has 0 aliphatic carbocycles. The lowest BCUT2D eigenvalue weighted by molar-refractivity contribution is 0.165. The van der Waals surface area contributed by atoms with Gasteiger partial charge in [-0.1, -0.05) is 22.0 Å². The average molecular weight is 468 g/mol. The SMILES string of the molecule is N[C@H]1CC(c2cc(Br)c(Br)s2)Oc2cc(Br)ccc21. The van der Waals surface area contributed by atoms with Crippen LogP contribution in [-0.2, 0) is 0 Å². The molecule has 0 amide bonds. The first-order valence-corrected chi connectivity index (χ1v) is 8.90. The molecular weight excluding hydrogens is 458 g/mol. The second-order valence-corrected chi connectivity index (χ2v) is 8.57. The zero-order chi connectivity index (χ0) is 13.6. The fraction of sp³-hybridized carbons (Fsp3) is 0.231. The second-order valence-electron chi connectivity index (χ2n) is 4.40. The highest BCUT2D eigenvalue weighted by atomic mass is 79.9. The third-order valence-corrected chi connectivity index (χ3v) is 6.94. The molecule has 19 heavy (non-hydrogen) atoms. The highest BCUT2D eigenvalue weighted by Crippen LogP contribution is 2.44. The lowest BCUT2D eigenvalue weighted by atomic mass is 9.97. The number of nitrogens with two attached hydrogens (primary N) is 1. The van der Waals surface area contributed by atoms with Crippen LogP contribution >= 0.6 is 59.1 Å². The lowest BCUT2D eigenvalue weighted by Gasteiger charge is -2.29. The summed E-state index contributed by atoms with van der Waals surface area (Å²) < 4.78 is 9.25. The summed E-state index contributed by atoms with van der Waals surface area (Å²) >= 11 is 12.2. The number of fused-ring (bicyclic) bond motifs is 1. The van der Waals surface area contributed by atoms with E-state index in [0.717, 1.165) is 30.5 Å². The van der Waals surface area contributed by atoms with Crippen molar-refractivity contribution in [2.45, 2.75) is 18.6 Å². The molecule has 2 aromatic rings. The van der Waals surface area contributed by atoms with Gasteiger partial charge in [-0.25, -0.2) is 0 Å². The van der Waals surface area contributed by atoms with Gasteiger partial charge in [0.25, 0.3) is 0 Å². The Hall–Kier alpha value is 0.120. The normalized spacial score (nSPS) is 21.9. The molecule has 0 saturated carbocycles. The molecule has 0 spiro atoms. The van der Waals surface area contributed by atoms with Crippen LogP contribution in [0, 0.1) is 0 Å². The minimum Gasteiger partial charge on any atom is -0.484 e. The second kappa shape index (κ2) is 5.48. The molecule has 1 aromatic carbocycles. The third-order valence-electron chi connectivity index (χ3n) is 3.09. The molecule has 0 fully saturated rings. The van der Waals surface area contributed by atoms with Gasteiger partial charge in [-0.3, -0.25) is 0 Å². The van der Waals surface area contributed by atoms with Crippen LogP contribution in [-0.4, -0.2) is 0 Å². The molecule has 1 aromatic heterocycles. The van der Waals surface area contributed by atoms with Gasteiger partial charge in [0.05, 0.1) is 3.79 Å². The number of halogens is 3. The summed E-state index contributed by atoms with van der Waals surface area (Å²) in [4.78, 5) is 1.18. The molecule has 2 N–H and O–H groups in total. The Balaban J connectivity index is 1.96. The fourth-order valence-electron chi connectivity index (χ4n) is 2.17. The van der Waals surface area contributed by atoms with E-state index < -0.39 is 0 Å². The van der Waals surface area contributed by atoms with Gasteiger partial charge >= 0.3 is 0 Å². The Kier molecular flexibility index (Phi) is 4.06. The van der Waals surface area contributed by atoms with E-state index in [2.05, 4.69) is 53.9 Å². The van der Waals surface area contributed by atoms with Crippen molar-refractivity contribution in [1.82, 2.24) is 0 Å². The molecule has 1 aliphatic heterocycles. The molecule has 3 rings (SSSR count). The van der Waals surface area contributed by atoms with E-state index in [1.54, 1.807) is 11.3 Å². The van der Waals surface area contributed by atoms with Gasteiger partial charge in [0.15, 0.2) is 0 Å². The Bertz CT molecular complexity index is 609. The third kappa shape index (κ3) is 2.78. The summed E-state index contributed by atoms with van der Waals surface area (Å²) in [5.74, 6) is 0.874. The van der Waals surface area contributed by atoms with Crippen LogP contribution < -0.4 is 10.5 Å². The summed E-state index contributed by atoms with van der Waals surface area (Å²) in [6, 6.07) is 8.12. The van der Waals surface area contributed by atoms with E-state index >= 15 is 0 Å². The average Bonchev–Trinajstić information content (AvgIpc) is 2.69. The van der Waals surface area contributed by atoms with E-state index in [0.29, 0.717) is 0 Å². The van der Waals surface area contributed by atoms with Crippen LogP contribution in [0.3, 0.4) is 0 Å². The first-order chi connectivity index (χ1) is 9.04. The number of thiophene rings is 1. The largest absolute Gasteiger partial charge is 0.484 e. The molecule has 2 nitrogen and oxygen atoms in total. The maximum absolute atomic E-state index is 6.25. The molecule has 1 aliphatic rings. The summed E-state index contributed by atoms with van der Waals surface area (Å²) in [6.07, 6.45) is 0.818. The van der Waals surface area contributed by atoms with Crippen molar-refractivity contribution < 1.29 is 4.74 Å². The van der Waals surface area contributed by atoms with Crippen molar-refractivity contribution in [1.29, 1.82) is 0 Å². The Morgan fingerprint density at radius 3 is 2.68 bits per heavy atom. The van der Waals surface area contributed by atoms with Crippen LogP contribution in [0.4, 0.5) is 0 Å². The highest BCUT2D eigenvalue weighted by molar-refractivity contribution is 9.13. The van der Waals surface area contributed by atoms with Crippen molar-refractivity contribution in [3.05, 3.63) is 47.4 Å². The van der Waals surface area contributed by atoms with Crippen LogP contribution in [0.2, 0.25) is 0 Å². The minimum absolute atomic E-state index is 0.0153. The number of hydrogen-bond acceptors (Lipinski definition) is 3. The van der Waals surface area contributed by atoms with Gasteiger partial charge in [0.2, 0.25) is 0 Å². The molecule has 6 heteroatoms. The Labute approximate surface area is 140 Å². The number of rotatable bonds is 1. The van der Waals surface area contributed by atoms with Crippen LogP contribution in [0.25, 0.3) is 0 Å². The van der Waals surface area contributed by atoms with Crippen LogP contribution in [0.15, 0.2) is 37.0 Å². The van der Waals surface area contributed by atoms with Gasteiger partial charge in [-0.15, -0.1) is 11.3 Å². The molecular formula is C13H10Br3NOS. The van der Waals surface area contributed by atoms with Gasteiger partial charge in [0.1, 0.15) is 11.9 Å². The fourth-order valence-corrected chi connectivity index (χ4v) is 4.64. The first kappa shape index (κ1) is 14.1. The first-order valence-electron chi connectivity index (χ1n) is 5.71. The van der Waals surface area contributed by atoms with Crippen molar-refractivity contribution in [2.75, 3.05) is 0 Å². The summed E-state index contributed by atoms with van der Waals surface area (Å²) in [6.45, 7) is 0. The monoisotopic (exact) mass is 465 g/mol. The van der Waals surface area contributed by atoms with Crippen molar-refractivity contribution in [3.63, 3.8) is 0 Å². The maximum atomic E-state index is 6.25. The zero-order valence-electron chi connectivity index (χ0n) is 9.70. The summed E-state index contributed by atoms with van der Waals surface area (Å²) in [7, 11) is 0. The lowest BCUT2D eigenvalue weighted by Crippen LogP contribution is -2.23. The van der Waals surface area contributed by atoms with Crippen molar-refractivity contribution in [3.8, 4) is 5.75 Å². The predicted octanol–water partition coefficient (Wildman–Crippen LogP) is 5.56. The summed E-state index contributed by atoms with van der Waals surface area (Å²) in [5.41, 5.74) is 7.33. The quantitative estimate of drug-likeness (QED) is 0.596. The standard InChI is InChI=1S/C13H10Br3NOS/c14-6-1-2-7-9(17)5-11(18-10(7)3-6)12-4-8(15)13(16)19-12/h1-4,9,11H,5,17H2/t9-,11?/m0/s1. The van der Waals surface area contributed by atoms with E-state index in [1.807, 2.05) is 18.2 Å². The number of ether oxygens (including phenoxy) is 1. The Morgan fingerprint density at radius 2 is 2.00 bits per heavy atom. The minimum atomic E-state index is 0.0153. The van der Waals surface area contributed by atoms with E-state index in [4.69, 9.17) is 10.5 Å². The van der Waals surface area contributed by atoms with Gasteiger partial charge in [-0.05, 0) is 50.1 Å². The van der Waals surface area contributed by atoms with Crippen molar-refractivity contribution >= 4 is 59.1 Å². The molecule has 2 heterocycles. The van der Waals surface area contributed by atoms with Crippen LogP contribution in [0.1, 0.15) is 29.0 Å². The topological polar surface area (TPSA) is 35.2 Å². The molecule has 1 unspecified atom stereocenters.